The van der Waals surface area contributed by atoms with E-state index in [1.54, 1.807) is 4.68 Å². The summed E-state index contributed by atoms with van der Waals surface area (Å²) in [5, 5.41) is 14.4. The van der Waals surface area contributed by atoms with E-state index in [0.717, 1.165) is 24.2 Å². The first kappa shape index (κ1) is 20.0. The molecule has 2 aromatic rings. The van der Waals surface area contributed by atoms with Crippen molar-refractivity contribution in [1.29, 1.82) is 0 Å². The van der Waals surface area contributed by atoms with E-state index in [1.807, 2.05) is 19.1 Å². The molecule has 0 aliphatic rings. The van der Waals surface area contributed by atoms with Crippen molar-refractivity contribution in [2.45, 2.75) is 65.7 Å². The summed E-state index contributed by atoms with van der Waals surface area (Å²) in [6.07, 6.45) is 7.24. The molecule has 0 aliphatic carbocycles. The van der Waals surface area contributed by atoms with Crippen molar-refractivity contribution < 1.29 is 9.90 Å². The molecule has 1 N–H and O–H groups in total. The fourth-order valence-corrected chi connectivity index (χ4v) is 3.07. The zero-order chi connectivity index (χ0) is 19.3. The van der Waals surface area contributed by atoms with E-state index in [9.17, 15) is 9.90 Å². The molecule has 1 heterocycles. The second-order valence-electron chi connectivity index (χ2n) is 7.55. The zero-order valence-corrected chi connectivity index (χ0v) is 16.5. The molecule has 140 valence electrons. The van der Waals surface area contributed by atoms with E-state index < -0.39 is 5.97 Å². The maximum atomic E-state index is 11.8. The number of benzene rings is 1. The third-order valence-corrected chi connectivity index (χ3v) is 4.53. The number of allylic oxidation sites excluding steroid dienone is 2. The van der Waals surface area contributed by atoms with Crippen molar-refractivity contribution >= 4 is 5.97 Å². The second kappa shape index (κ2) is 8.35. The number of carboxylic acid groups (broad SMARTS) is 1. The van der Waals surface area contributed by atoms with Gasteiger partial charge in [0.2, 0.25) is 0 Å². The summed E-state index contributed by atoms with van der Waals surface area (Å²) in [5.41, 5.74) is 4.02. The summed E-state index contributed by atoms with van der Waals surface area (Å²) in [6.45, 7) is 10.6. The van der Waals surface area contributed by atoms with Crippen molar-refractivity contribution in [3.8, 4) is 5.69 Å². The molecule has 0 spiro atoms. The van der Waals surface area contributed by atoms with Crippen LogP contribution >= 0.6 is 0 Å². The van der Waals surface area contributed by atoms with Crippen LogP contribution in [0.1, 0.15) is 74.8 Å². The SMILES string of the molecule is CC/C=C\CCc1nn(-c2ccc(C(C)(C)C)cc2)c(CC)c1C(=O)O. The van der Waals surface area contributed by atoms with Gasteiger partial charge in [-0.2, -0.15) is 5.10 Å². The summed E-state index contributed by atoms with van der Waals surface area (Å²) in [6, 6.07) is 8.25. The first-order chi connectivity index (χ1) is 12.3. The lowest BCUT2D eigenvalue weighted by Crippen LogP contribution is -2.11. The predicted molar refractivity (Wildman–Crippen MR) is 106 cm³/mol. The van der Waals surface area contributed by atoms with Crippen LogP contribution in [0, 0.1) is 0 Å². The Kier molecular flexibility index (Phi) is 6.41. The minimum atomic E-state index is -0.895. The molecule has 0 unspecified atom stereocenters. The van der Waals surface area contributed by atoms with E-state index in [2.05, 4.69) is 57.1 Å². The smallest absolute Gasteiger partial charge is 0.339 e. The Hall–Kier alpha value is -2.36. The van der Waals surface area contributed by atoms with Crippen LogP contribution in [0.4, 0.5) is 0 Å². The average Bonchev–Trinajstić information content (AvgIpc) is 2.97. The number of aromatic nitrogens is 2. The van der Waals surface area contributed by atoms with Gasteiger partial charge in [0.05, 0.1) is 17.1 Å². The largest absolute Gasteiger partial charge is 0.478 e. The van der Waals surface area contributed by atoms with Crippen LogP contribution in [0.15, 0.2) is 36.4 Å². The normalized spacial score (nSPS) is 12.0. The third kappa shape index (κ3) is 4.43. The van der Waals surface area contributed by atoms with Gasteiger partial charge in [-0.1, -0.05) is 58.9 Å². The van der Waals surface area contributed by atoms with E-state index >= 15 is 0 Å². The molecule has 0 fully saturated rings. The standard InChI is InChI=1S/C22H30N2O2/c1-6-8-9-10-11-18-20(21(25)26)19(7-2)24(23-18)17-14-12-16(13-15-17)22(3,4)5/h8-9,12-15H,6-7,10-11H2,1-5H3,(H,25,26)/b9-8-. The molecule has 4 nitrogen and oxygen atoms in total. The molecule has 1 aromatic heterocycles. The van der Waals surface area contributed by atoms with Crippen molar-refractivity contribution in [3.05, 3.63) is 58.9 Å². The fourth-order valence-electron chi connectivity index (χ4n) is 3.07. The molecule has 0 saturated carbocycles. The molecule has 0 amide bonds. The van der Waals surface area contributed by atoms with Gasteiger partial charge in [0.1, 0.15) is 5.56 Å². The van der Waals surface area contributed by atoms with Gasteiger partial charge in [0, 0.05) is 0 Å². The highest BCUT2D eigenvalue weighted by atomic mass is 16.4. The highest BCUT2D eigenvalue weighted by molar-refractivity contribution is 5.90. The third-order valence-electron chi connectivity index (χ3n) is 4.53. The topological polar surface area (TPSA) is 55.1 Å². The molecule has 0 aliphatic heterocycles. The molecule has 1 aromatic carbocycles. The summed E-state index contributed by atoms with van der Waals surface area (Å²) < 4.78 is 1.80. The van der Waals surface area contributed by atoms with Crippen LogP contribution < -0.4 is 0 Å². The average molecular weight is 354 g/mol. The maximum absolute atomic E-state index is 11.8. The molecule has 26 heavy (non-hydrogen) atoms. The second-order valence-corrected chi connectivity index (χ2v) is 7.55. The molecule has 0 atom stereocenters. The van der Waals surface area contributed by atoms with Gasteiger partial charge in [-0.3, -0.25) is 0 Å². The monoisotopic (exact) mass is 354 g/mol. The number of hydrogen-bond acceptors (Lipinski definition) is 2. The first-order valence-electron chi connectivity index (χ1n) is 9.39. The Morgan fingerprint density at radius 3 is 2.31 bits per heavy atom. The Morgan fingerprint density at radius 1 is 1.15 bits per heavy atom. The van der Waals surface area contributed by atoms with Crippen molar-refractivity contribution in [2.24, 2.45) is 0 Å². The Morgan fingerprint density at radius 2 is 1.81 bits per heavy atom. The van der Waals surface area contributed by atoms with Crippen molar-refractivity contribution in [2.75, 3.05) is 0 Å². The molecule has 2 rings (SSSR count). The molecule has 0 saturated heterocycles. The fraction of sp³-hybridized carbons (Fsp3) is 0.455. The van der Waals surface area contributed by atoms with Crippen molar-refractivity contribution in [3.63, 3.8) is 0 Å². The lowest BCUT2D eigenvalue weighted by molar-refractivity contribution is 0.0694. The minimum Gasteiger partial charge on any atom is -0.478 e. The molecule has 0 radical (unpaired) electrons. The van der Waals surface area contributed by atoms with Gasteiger partial charge in [0.25, 0.3) is 0 Å². The molecule has 4 heteroatoms. The van der Waals surface area contributed by atoms with Gasteiger partial charge in [-0.25, -0.2) is 9.48 Å². The van der Waals surface area contributed by atoms with Gasteiger partial charge < -0.3 is 5.11 Å². The molecular formula is C22H30N2O2. The number of aromatic carboxylic acids is 1. The number of carbonyl (C=O) groups is 1. The lowest BCUT2D eigenvalue weighted by atomic mass is 9.87. The van der Waals surface area contributed by atoms with Gasteiger partial charge in [-0.15, -0.1) is 0 Å². The number of aryl methyl sites for hydroxylation is 1. The highest BCUT2D eigenvalue weighted by Crippen LogP contribution is 2.25. The Labute approximate surface area is 156 Å². The van der Waals surface area contributed by atoms with Gasteiger partial charge in [-0.05, 0) is 48.8 Å². The van der Waals surface area contributed by atoms with Crippen LogP contribution in [0.5, 0.6) is 0 Å². The highest BCUT2D eigenvalue weighted by Gasteiger charge is 2.23. The van der Waals surface area contributed by atoms with Crippen LogP contribution in [0.3, 0.4) is 0 Å². The molecule has 0 bridgehead atoms. The Balaban J connectivity index is 2.44. The summed E-state index contributed by atoms with van der Waals surface area (Å²) in [4.78, 5) is 11.8. The number of hydrogen-bond donors (Lipinski definition) is 1. The van der Waals surface area contributed by atoms with E-state index in [4.69, 9.17) is 0 Å². The van der Waals surface area contributed by atoms with Crippen molar-refractivity contribution in [1.82, 2.24) is 9.78 Å². The Bertz CT molecular complexity index is 778. The maximum Gasteiger partial charge on any atom is 0.339 e. The van der Waals surface area contributed by atoms with Crippen LogP contribution in [0.25, 0.3) is 5.69 Å². The van der Waals surface area contributed by atoms with Gasteiger partial charge in [0.15, 0.2) is 0 Å². The number of rotatable bonds is 7. The number of carboxylic acids is 1. The van der Waals surface area contributed by atoms with E-state index in [-0.39, 0.29) is 5.41 Å². The lowest BCUT2D eigenvalue weighted by Gasteiger charge is -2.19. The molecular weight excluding hydrogens is 324 g/mol. The van der Waals surface area contributed by atoms with Crippen LogP contribution in [-0.4, -0.2) is 20.9 Å². The van der Waals surface area contributed by atoms with E-state index in [1.165, 1.54) is 5.56 Å². The summed E-state index contributed by atoms with van der Waals surface area (Å²) >= 11 is 0. The van der Waals surface area contributed by atoms with Crippen LogP contribution in [0.2, 0.25) is 0 Å². The van der Waals surface area contributed by atoms with E-state index in [0.29, 0.717) is 24.1 Å². The quantitative estimate of drug-likeness (QED) is 0.684. The first-order valence-corrected chi connectivity index (χ1v) is 9.39. The summed E-state index contributed by atoms with van der Waals surface area (Å²) in [7, 11) is 0. The summed E-state index contributed by atoms with van der Waals surface area (Å²) in [5.74, 6) is -0.895. The van der Waals surface area contributed by atoms with Crippen LogP contribution in [-0.2, 0) is 18.3 Å². The van der Waals surface area contributed by atoms with Gasteiger partial charge >= 0.3 is 5.97 Å². The predicted octanol–water partition coefficient (Wildman–Crippen LogP) is 5.33. The minimum absolute atomic E-state index is 0.0826. The zero-order valence-electron chi connectivity index (χ0n) is 16.5. The number of nitrogens with zero attached hydrogens (tertiary/aromatic N) is 2.